The van der Waals surface area contributed by atoms with Gasteiger partial charge in [0.15, 0.2) is 0 Å². The molecular formula is C24H31N3O2. The van der Waals surface area contributed by atoms with Gasteiger partial charge in [0.1, 0.15) is 0 Å². The Balaban J connectivity index is 1.40. The van der Waals surface area contributed by atoms with Gasteiger partial charge in [-0.25, -0.2) is 4.79 Å². The molecule has 0 aromatic heterocycles. The number of carbonyl (C=O) groups is 2. The lowest BCUT2D eigenvalue weighted by Gasteiger charge is -2.32. The number of piperidine rings is 1. The second kappa shape index (κ2) is 10.1. The van der Waals surface area contributed by atoms with E-state index >= 15 is 0 Å². The van der Waals surface area contributed by atoms with Gasteiger partial charge in [-0.3, -0.25) is 4.79 Å². The van der Waals surface area contributed by atoms with E-state index in [1.807, 2.05) is 48.2 Å². The highest BCUT2D eigenvalue weighted by molar-refractivity contribution is 5.89. The molecule has 0 saturated carbocycles. The highest BCUT2D eigenvalue weighted by Gasteiger charge is 2.24. The lowest BCUT2D eigenvalue weighted by molar-refractivity contribution is -0.121. The van der Waals surface area contributed by atoms with Crippen LogP contribution in [0.5, 0.6) is 0 Å². The fourth-order valence-corrected chi connectivity index (χ4v) is 3.65. The first-order valence-electron chi connectivity index (χ1n) is 10.4. The SMILES string of the molecule is Cc1ccc(CNC(=O)CCC2CCCN(C(=O)Nc3ccc(C)cc3)C2)cc1. The van der Waals surface area contributed by atoms with E-state index in [1.54, 1.807) is 0 Å². The summed E-state index contributed by atoms with van der Waals surface area (Å²) >= 11 is 0. The smallest absolute Gasteiger partial charge is 0.321 e. The van der Waals surface area contributed by atoms with Crippen LogP contribution in [0.2, 0.25) is 0 Å². The van der Waals surface area contributed by atoms with Gasteiger partial charge in [0.2, 0.25) is 5.91 Å². The van der Waals surface area contributed by atoms with Gasteiger partial charge < -0.3 is 15.5 Å². The minimum atomic E-state index is -0.0534. The zero-order valence-corrected chi connectivity index (χ0v) is 17.4. The zero-order valence-electron chi connectivity index (χ0n) is 17.4. The van der Waals surface area contributed by atoms with Gasteiger partial charge in [0, 0.05) is 31.7 Å². The Morgan fingerprint density at radius 2 is 1.66 bits per heavy atom. The van der Waals surface area contributed by atoms with E-state index in [-0.39, 0.29) is 11.9 Å². The predicted molar refractivity (Wildman–Crippen MR) is 117 cm³/mol. The van der Waals surface area contributed by atoms with E-state index in [4.69, 9.17) is 0 Å². The Morgan fingerprint density at radius 3 is 2.34 bits per heavy atom. The predicted octanol–water partition coefficient (Wildman–Crippen LogP) is 4.64. The normalized spacial score (nSPS) is 16.3. The Morgan fingerprint density at radius 1 is 1.00 bits per heavy atom. The van der Waals surface area contributed by atoms with Gasteiger partial charge in [-0.1, -0.05) is 47.5 Å². The van der Waals surface area contributed by atoms with E-state index in [1.165, 1.54) is 11.1 Å². The second-order valence-electron chi connectivity index (χ2n) is 8.05. The van der Waals surface area contributed by atoms with Crippen molar-refractivity contribution >= 4 is 17.6 Å². The number of urea groups is 1. The number of hydrogen-bond acceptors (Lipinski definition) is 2. The molecular weight excluding hydrogens is 362 g/mol. The number of nitrogens with zero attached hydrogens (tertiary/aromatic N) is 1. The summed E-state index contributed by atoms with van der Waals surface area (Å²) in [6.07, 6.45) is 3.37. The van der Waals surface area contributed by atoms with E-state index in [0.29, 0.717) is 25.4 Å². The van der Waals surface area contributed by atoms with Crippen LogP contribution in [-0.2, 0) is 11.3 Å². The summed E-state index contributed by atoms with van der Waals surface area (Å²) in [4.78, 5) is 26.6. The standard InChI is InChI=1S/C24H31N3O2/c1-18-5-9-20(10-6-18)16-25-23(28)14-11-21-4-3-15-27(17-21)24(29)26-22-12-7-19(2)8-13-22/h5-10,12-13,21H,3-4,11,14-17H2,1-2H3,(H,25,28)(H,26,29). The molecule has 1 heterocycles. The number of carbonyl (C=O) groups excluding carboxylic acids is 2. The lowest BCUT2D eigenvalue weighted by atomic mass is 9.93. The van der Waals surface area contributed by atoms with Crippen molar-refractivity contribution in [1.82, 2.24) is 10.2 Å². The molecule has 5 nitrogen and oxygen atoms in total. The number of likely N-dealkylation sites (tertiary alicyclic amines) is 1. The molecule has 2 aromatic carbocycles. The van der Waals surface area contributed by atoms with Crippen LogP contribution >= 0.6 is 0 Å². The molecule has 0 aliphatic carbocycles. The average Bonchev–Trinajstić information content (AvgIpc) is 2.73. The van der Waals surface area contributed by atoms with Crippen LogP contribution in [0.3, 0.4) is 0 Å². The first-order chi connectivity index (χ1) is 14.0. The molecule has 1 aliphatic rings. The third kappa shape index (κ3) is 6.63. The van der Waals surface area contributed by atoms with Crippen LogP contribution in [0.25, 0.3) is 0 Å². The van der Waals surface area contributed by atoms with Crippen molar-refractivity contribution < 1.29 is 9.59 Å². The van der Waals surface area contributed by atoms with Gasteiger partial charge in [0.05, 0.1) is 0 Å². The van der Waals surface area contributed by atoms with Crippen molar-refractivity contribution in [3.8, 4) is 0 Å². The quantitative estimate of drug-likeness (QED) is 0.751. The maximum Gasteiger partial charge on any atom is 0.321 e. The maximum absolute atomic E-state index is 12.6. The van der Waals surface area contributed by atoms with Crippen molar-refractivity contribution in [2.75, 3.05) is 18.4 Å². The number of rotatable bonds is 6. The third-order valence-corrected chi connectivity index (χ3v) is 5.50. The number of anilines is 1. The van der Waals surface area contributed by atoms with E-state index in [0.717, 1.165) is 37.1 Å². The van der Waals surface area contributed by atoms with Crippen LogP contribution in [0, 0.1) is 19.8 Å². The molecule has 1 fully saturated rings. The van der Waals surface area contributed by atoms with E-state index in [2.05, 4.69) is 29.7 Å². The molecule has 3 rings (SSSR count). The minimum absolute atomic E-state index is 0.0534. The molecule has 5 heteroatoms. The number of aryl methyl sites for hydroxylation is 2. The van der Waals surface area contributed by atoms with Crippen LogP contribution in [0.4, 0.5) is 10.5 Å². The molecule has 2 N–H and O–H groups in total. The largest absolute Gasteiger partial charge is 0.352 e. The van der Waals surface area contributed by atoms with Gasteiger partial charge in [-0.05, 0) is 56.7 Å². The topological polar surface area (TPSA) is 61.4 Å². The van der Waals surface area contributed by atoms with Crippen molar-refractivity contribution in [1.29, 1.82) is 0 Å². The van der Waals surface area contributed by atoms with Crippen molar-refractivity contribution in [2.24, 2.45) is 5.92 Å². The molecule has 1 saturated heterocycles. The van der Waals surface area contributed by atoms with Crippen molar-refractivity contribution in [2.45, 2.75) is 46.1 Å². The summed E-state index contributed by atoms with van der Waals surface area (Å²) < 4.78 is 0. The number of nitrogens with one attached hydrogen (secondary N) is 2. The van der Waals surface area contributed by atoms with Crippen molar-refractivity contribution in [3.63, 3.8) is 0 Å². The molecule has 1 aliphatic heterocycles. The summed E-state index contributed by atoms with van der Waals surface area (Å²) in [7, 11) is 0. The Hall–Kier alpha value is -2.82. The minimum Gasteiger partial charge on any atom is -0.352 e. The third-order valence-electron chi connectivity index (χ3n) is 5.50. The zero-order chi connectivity index (χ0) is 20.6. The molecule has 0 radical (unpaired) electrons. The lowest BCUT2D eigenvalue weighted by Crippen LogP contribution is -2.42. The monoisotopic (exact) mass is 393 g/mol. The fourth-order valence-electron chi connectivity index (χ4n) is 3.65. The molecule has 1 unspecified atom stereocenters. The first-order valence-corrected chi connectivity index (χ1v) is 10.4. The summed E-state index contributed by atoms with van der Waals surface area (Å²) in [5, 5.41) is 5.97. The summed E-state index contributed by atoms with van der Waals surface area (Å²) in [6.45, 7) is 6.13. The summed E-state index contributed by atoms with van der Waals surface area (Å²) in [6, 6.07) is 16.0. The van der Waals surface area contributed by atoms with E-state index < -0.39 is 0 Å². The Labute approximate surface area is 173 Å². The summed E-state index contributed by atoms with van der Waals surface area (Å²) in [5.74, 6) is 0.449. The Kier molecular flexibility index (Phi) is 7.28. The maximum atomic E-state index is 12.6. The number of hydrogen-bond donors (Lipinski definition) is 2. The number of benzene rings is 2. The molecule has 1 atom stereocenters. The summed E-state index contributed by atoms with van der Waals surface area (Å²) in [5.41, 5.74) is 4.31. The van der Waals surface area contributed by atoms with Crippen LogP contribution in [-0.4, -0.2) is 29.9 Å². The van der Waals surface area contributed by atoms with Gasteiger partial charge in [-0.2, -0.15) is 0 Å². The van der Waals surface area contributed by atoms with Gasteiger partial charge in [-0.15, -0.1) is 0 Å². The average molecular weight is 394 g/mol. The van der Waals surface area contributed by atoms with Gasteiger partial charge >= 0.3 is 6.03 Å². The molecule has 0 spiro atoms. The van der Waals surface area contributed by atoms with E-state index in [9.17, 15) is 9.59 Å². The van der Waals surface area contributed by atoms with Gasteiger partial charge in [0.25, 0.3) is 0 Å². The first kappa shape index (κ1) is 20.9. The van der Waals surface area contributed by atoms with Crippen LogP contribution < -0.4 is 10.6 Å². The Bertz CT molecular complexity index is 815. The fraction of sp³-hybridized carbons (Fsp3) is 0.417. The molecule has 29 heavy (non-hydrogen) atoms. The molecule has 154 valence electrons. The van der Waals surface area contributed by atoms with Crippen LogP contribution in [0.15, 0.2) is 48.5 Å². The highest BCUT2D eigenvalue weighted by Crippen LogP contribution is 2.22. The molecule has 3 amide bonds. The second-order valence-corrected chi connectivity index (χ2v) is 8.05. The van der Waals surface area contributed by atoms with Crippen molar-refractivity contribution in [3.05, 3.63) is 65.2 Å². The highest BCUT2D eigenvalue weighted by atomic mass is 16.2. The molecule has 2 aromatic rings. The van der Waals surface area contributed by atoms with Crippen LogP contribution in [0.1, 0.15) is 42.4 Å². The number of amides is 3. The molecule has 0 bridgehead atoms.